The van der Waals surface area contributed by atoms with Gasteiger partial charge in [0, 0.05) is 25.2 Å². The number of nitrogens with two attached hydrogens (primary N) is 1. The summed E-state index contributed by atoms with van der Waals surface area (Å²) in [4.78, 5) is 13.2. The summed E-state index contributed by atoms with van der Waals surface area (Å²) in [6.07, 6.45) is 2.21. The third kappa shape index (κ3) is 4.37. The quantitative estimate of drug-likeness (QED) is 0.657. The number of carbonyl (C=O) groups excluding carboxylic acids is 1. The molecule has 5 nitrogen and oxygen atoms in total. The van der Waals surface area contributed by atoms with Crippen molar-refractivity contribution in [1.29, 1.82) is 0 Å². The van der Waals surface area contributed by atoms with Crippen LogP contribution in [0.4, 0.5) is 4.39 Å². The number of nitrogens with zero attached hydrogens (tertiary/aromatic N) is 2. The van der Waals surface area contributed by atoms with E-state index in [1.54, 1.807) is 23.0 Å². The Morgan fingerprint density at radius 3 is 2.85 bits per heavy atom. The Labute approximate surface area is 166 Å². The van der Waals surface area contributed by atoms with E-state index >= 15 is 0 Å². The first-order valence-electron chi connectivity index (χ1n) is 8.42. The molecular weight excluding hydrogens is 387 g/mol. The number of hydrogen-bond acceptors (Lipinski definition) is 4. The molecule has 3 aromatic rings. The Morgan fingerprint density at radius 1 is 1.44 bits per heavy atom. The van der Waals surface area contributed by atoms with Crippen LogP contribution in [-0.2, 0) is 13.5 Å². The summed E-state index contributed by atoms with van der Waals surface area (Å²) in [7, 11) is 1.83. The van der Waals surface area contributed by atoms with Crippen LogP contribution in [0.3, 0.4) is 0 Å². The Balaban J connectivity index is 1.76. The molecule has 8 heteroatoms. The third-order valence-electron chi connectivity index (χ3n) is 4.28. The molecule has 0 fully saturated rings. The van der Waals surface area contributed by atoms with E-state index in [1.165, 1.54) is 23.5 Å². The lowest BCUT2D eigenvalue weighted by atomic mass is 10.1. The van der Waals surface area contributed by atoms with Gasteiger partial charge in [-0.15, -0.1) is 11.3 Å². The average Bonchev–Trinajstić information content (AvgIpc) is 3.16. The van der Waals surface area contributed by atoms with Crippen LogP contribution in [0.25, 0.3) is 11.3 Å². The van der Waals surface area contributed by atoms with Crippen LogP contribution in [0, 0.1) is 12.7 Å². The van der Waals surface area contributed by atoms with Gasteiger partial charge in [0.1, 0.15) is 10.2 Å². The van der Waals surface area contributed by atoms with Crippen molar-refractivity contribution in [3.05, 3.63) is 62.7 Å². The monoisotopic (exact) mass is 406 g/mol. The Bertz CT molecular complexity index is 949. The predicted octanol–water partition coefficient (Wildman–Crippen LogP) is 3.55. The number of halogens is 2. The molecule has 0 aliphatic rings. The molecule has 0 aliphatic heterocycles. The fourth-order valence-corrected chi connectivity index (χ4v) is 4.15. The van der Waals surface area contributed by atoms with Gasteiger partial charge in [0.25, 0.3) is 5.91 Å². The molecule has 0 aliphatic carbocycles. The van der Waals surface area contributed by atoms with Crippen LogP contribution in [-0.4, -0.2) is 28.3 Å². The molecule has 0 saturated carbocycles. The summed E-state index contributed by atoms with van der Waals surface area (Å²) < 4.78 is 15.6. The van der Waals surface area contributed by atoms with Crippen molar-refractivity contribution in [2.24, 2.45) is 12.8 Å². The maximum atomic E-state index is 13.4. The second-order valence-electron chi connectivity index (χ2n) is 6.34. The molecule has 1 atom stereocenters. The highest BCUT2D eigenvalue weighted by Gasteiger charge is 2.20. The third-order valence-corrected chi connectivity index (χ3v) is 5.64. The Morgan fingerprint density at radius 2 is 2.22 bits per heavy atom. The van der Waals surface area contributed by atoms with Gasteiger partial charge in [-0.1, -0.05) is 23.7 Å². The number of aryl methyl sites for hydroxylation is 2. The van der Waals surface area contributed by atoms with Gasteiger partial charge in [-0.05, 0) is 42.7 Å². The number of benzene rings is 1. The van der Waals surface area contributed by atoms with Crippen LogP contribution < -0.4 is 11.1 Å². The standard InChI is InChI=1S/C19H20ClFN4OS/c1-11-10-23-25(2)17(11)15-8-16(27-18(15)20)19(26)24-14(9-22)7-12-4-3-5-13(21)6-12/h3-6,8,10,14H,7,9,22H2,1-2H3,(H,24,26)/t14-/m0/s1. The zero-order valence-corrected chi connectivity index (χ0v) is 16.6. The minimum absolute atomic E-state index is 0.245. The number of thiophene rings is 1. The van der Waals surface area contributed by atoms with Crippen molar-refractivity contribution in [3.8, 4) is 11.3 Å². The molecule has 27 heavy (non-hydrogen) atoms. The van der Waals surface area contributed by atoms with Gasteiger partial charge in [-0.3, -0.25) is 9.48 Å². The largest absolute Gasteiger partial charge is 0.347 e. The van der Waals surface area contributed by atoms with Gasteiger partial charge in [0.2, 0.25) is 0 Å². The summed E-state index contributed by atoms with van der Waals surface area (Å²) in [6.45, 7) is 2.19. The highest BCUT2D eigenvalue weighted by molar-refractivity contribution is 7.18. The number of aromatic nitrogens is 2. The second-order valence-corrected chi connectivity index (χ2v) is 7.99. The van der Waals surface area contributed by atoms with E-state index < -0.39 is 0 Å². The minimum Gasteiger partial charge on any atom is -0.347 e. The van der Waals surface area contributed by atoms with Gasteiger partial charge in [-0.25, -0.2) is 4.39 Å². The average molecular weight is 407 g/mol. The molecule has 1 aromatic carbocycles. The van der Waals surface area contributed by atoms with Gasteiger partial charge >= 0.3 is 0 Å². The normalized spacial score (nSPS) is 12.2. The van der Waals surface area contributed by atoms with Crippen molar-refractivity contribution in [2.45, 2.75) is 19.4 Å². The summed E-state index contributed by atoms with van der Waals surface area (Å²) >= 11 is 7.58. The topological polar surface area (TPSA) is 72.9 Å². The molecule has 0 unspecified atom stereocenters. The fraction of sp³-hybridized carbons (Fsp3) is 0.263. The molecule has 0 bridgehead atoms. The van der Waals surface area contributed by atoms with Crippen LogP contribution in [0.1, 0.15) is 20.8 Å². The molecule has 2 aromatic heterocycles. The summed E-state index contributed by atoms with van der Waals surface area (Å²) in [5, 5.41) is 7.13. The number of amides is 1. The van der Waals surface area contributed by atoms with E-state index in [0.717, 1.165) is 22.4 Å². The van der Waals surface area contributed by atoms with E-state index in [1.807, 2.05) is 20.0 Å². The molecule has 3 rings (SSSR count). The van der Waals surface area contributed by atoms with Gasteiger partial charge in [-0.2, -0.15) is 5.10 Å². The Hall–Kier alpha value is -2.22. The zero-order chi connectivity index (χ0) is 19.6. The summed E-state index contributed by atoms with van der Waals surface area (Å²) in [5.41, 5.74) is 9.21. The fourth-order valence-electron chi connectivity index (χ4n) is 2.97. The van der Waals surface area contributed by atoms with E-state index in [9.17, 15) is 9.18 Å². The molecular formula is C19H20ClFN4OS. The van der Waals surface area contributed by atoms with E-state index in [2.05, 4.69) is 10.4 Å². The molecule has 0 spiro atoms. The summed E-state index contributed by atoms with van der Waals surface area (Å²) in [6, 6.07) is 7.74. The molecule has 3 N–H and O–H groups in total. The van der Waals surface area contributed by atoms with Crippen LogP contribution in [0.5, 0.6) is 0 Å². The Kier molecular flexibility index (Phi) is 5.94. The highest BCUT2D eigenvalue weighted by atomic mass is 35.5. The smallest absolute Gasteiger partial charge is 0.261 e. The van der Waals surface area contributed by atoms with Crippen molar-refractivity contribution in [2.75, 3.05) is 6.54 Å². The first kappa shape index (κ1) is 19.5. The molecule has 1 amide bonds. The first-order valence-corrected chi connectivity index (χ1v) is 9.62. The zero-order valence-electron chi connectivity index (χ0n) is 15.0. The SMILES string of the molecule is Cc1cnn(C)c1-c1cc(C(=O)N[C@H](CN)Cc2cccc(F)c2)sc1Cl. The minimum atomic E-state index is -0.309. The summed E-state index contributed by atoms with van der Waals surface area (Å²) in [5.74, 6) is -0.560. The number of carbonyl (C=O) groups is 1. The lowest BCUT2D eigenvalue weighted by molar-refractivity contribution is 0.0942. The molecule has 0 radical (unpaired) electrons. The van der Waals surface area contributed by atoms with Gasteiger partial charge < -0.3 is 11.1 Å². The van der Waals surface area contributed by atoms with Crippen LogP contribution in [0.15, 0.2) is 36.5 Å². The predicted molar refractivity (Wildman–Crippen MR) is 107 cm³/mol. The lowest BCUT2D eigenvalue weighted by Gasteiger charge is -2.16. The van der Waals surface area contributed by atoms with E-state index in [4.69, 9.17) is 17.3 Å². The maximum absolute atomic E-state index is 13.4. The number of nitrogens with one attached hydrogen (secondary N) is 1. The molecule has 142 valence electrons. The van der Waals surface area contributed by atoms with Crippen molar-refractivity contribution >= 4 is 28.8 Å². The van der Waals surface area contributed by atoms with Gasteiger partial charge in [0.05, 0.1) is 16.8 Å². The van der Waals surface area contributed by atoms with E-state index in [-0.39, 0.29) is 24.3 Å². The number of rotatable bonds is 6. The van der Waals surface area contributed by atoms with E-state index in [0.29, 0.717) is 15.6 Å². The second kappa shape index (κ2) is 8.21. The van der Waals surface area contributed by atoms with Crippen LogP contribution in [0.2, 0.25) is 4.34 Å². The van der Waals surface area contributed by atoms with Crippen molar-refractivity contribution in [1.82, 2.24) is 15.1 Å². The molecule has 0 saturated heterocycles. The first-order chi connectivity index (χ1) is 12.9. The van der Waals surface area contributed by atoms with Crippen molar-refractivity contribution in [3.63, 3.8) is 0 Å². The highest BCUT2D eigenvalue weighted by Crippen LogP contribution is 2.36. The maximum Gasteiger partial charge on any atom is 0.261 e. The van der Waals surface area contributed by atoms with Crippen LogP contribution >= 0.6 is 22.9 Å². The lowest BCUT2D eigenvalue weighted by Crippen LogP contribution is -2.41. The number of hydrogen-bond donors (Lipinski definition) is 2. The van der Waals surface area contributed by atoms with Crippen molar-refractivity contribution < 1.29 is 9.18 Å². The molecule has 2 heterocycles. The van der Waals surface area contributed by atoms with Gasteiger partial charge in [0.15, 0.2) is 0 Å².